The van der Waals surface area contributed by atoms with Crippen molar-refractivity contribution >= 4 is 29.5 Å². The van der Waals surface area contributed by atoms with Crippen LogP contribution in [0.2, 0.25) is 0 Å². The molecule has 0 N–H and O–H groups in total. The first-order valence-electron chi connectivity index (χ1n) is 11.8. The summed E-state index contributed by atoms with van der Waals surface area (Å²) in [6.07, 6.45) is 11.6. The zero-order valence-corrected chi connectivity index (χ0v) is 20.5. The van der Waals surface area contributed by atoms with E-state index < -0.39 is 0 Å². The van der Waals surface area contributed by atoms with Gasteiger partial charge in [0.25, 0.3) is 0 Å². The van der Waals surface area contributed by atoms with Crippen molar-refractivity contribution in [2.24, 2.45) is 34.5 Å². The number of ether oxygens (including phenoxy) is 1. The third-order valence-corrected chi connectivity index (χ3v) is 13.5. The predicted molar refractivity (Wildman–Crippen MR) is 124 cm³/mol. The smallest absolute Gasteiger partial charge is 0.303 e. The van der Waals surface area contributed by atoms with Crippen molar-refractivity contribution in [3.8, 4) is 0 Å². The lowest BCUT2D eigenvalue weighted by Crippen LogP contribution is -2.57. The van der Waals surface area contributed by atoms with Crippen LogP contribution in [0.15, 0.2) is 11.6 Å². The molecule has 4 aliphatic carbocycles. The fraction of sp³-hybridized carbons (Fsp3) is 0.880. The van der Waals surface area contributed by atoms with Crippen LogP contribution in [-0.2, 0) is 9.53 Å². The second kappa shape index (κ2) is 6.70. The number of carbonyl (C=O) groups excluding carboxylic acids is 1. The molecular formula is C25H38O2S2. The number of hydrogen-bond acceptors (Lipinski definition) is 4. The highest BCUT2D eigenvalue weighted by Crippen LogP contribution is 2.70. The molecule has 1 spiro atoms. The van der Waals surface area contributed by atoms with E-state index in [2.05, 4.69) is 57.3 Å². The Bertz CT molecular complexity index is 741. The number of esters is 1. The SMILES string of the molecule is CC(=O)O[C@@]1(C)CC[C@H]2[C@@H]3[C@H](C)CC4=CC5(CC[C@]4(C)[C@H]3CC[C@@]21C)SCCS5. The molecule has 5 rings (SSSR count). The summed E-state index contributed by atoms with van der Waals surface area (Å²) in [6.45, 7) is 11.4. The van der Waals surface area contributed by atoms with Gasteiger partial charge >= 0.3 is 5.97 Å². The van der Waals surface area contributed by atoms with Gasteiger partial charge in [-0.15, -0.1) is 23.5 Å². The van der Waals surface area contributed by atoms with E-state index in [4.69, 9.17) is 4.74 Å². The molecule has 0 amide bonds. The van der Waals surface area contributed by atoms with Crippen molar-refractivity contribution in [1.82, 2.24) is 0 Å². The molecule has 1 saturated heterocycles. The predicted octanol–water partition coefficient (Wildman–Crippen LogP) is 6.69. The monoisotopic (exact) mass is 434 g/mol. The van der Waals surface area contributed by atoms with Gasteiger partial charge in [-0.3, -0.25) is 4.79 Å². The van der Waals surface area contributed by atoms with Crippen LogP contribution in [0.5, 0.6) is 0 Å². The van der Waals surface area contributed by atoms with E-state index in [1.165, 1.54) is 50.0 Å². The van der Waals surface area contributed by atoms with Crippen LogP contribution < -0.4 is 0 Å². The lowest BCUT2D eigenvalue weighted by atomic mass is 9.44. The van der Waals surface area contributed by atoms with Crippen LogP contribution in [0.4, 0.5) is 0 Å². The summed E-state index contributed by atoms with van der Waals surface area (Å²) in [6, 6.07) is 0. The third-order valence-electron chi connectivity index (χ3n) is 10.1. The zero-order valence-electron chi connectivity index (χ0n) is 18.9. The highest BCUT2D eigenvalue weighted by Gasteiger charge is 2.65. The Morgan fingerprint density at radius 1 is 1.03 bits per heavy atom. The van der Waals surface area contributed by atoms with Crippen molar-refractivity contribution < 1.29 is 9.53 Å². The van der Waals surface area contributed by atoms with E-state index in [1.807, 2.05) is 0 Å². The second-order valence-electron chi connectivity index (χ2n) is 11.4. The largest absolute Gasteiger partial charge is 0.459 e. The minimum Gasteiger partial charge on any atom is -0.459 e. The number of fused-ring (bicyclic) bond motifs is 5. The molecule has 4 heteroatoms. The van der Waals surface area contributed by atoms with Gasteiger partial charge in [-0.05, 0) is 81.0 Å². The molecule has 0 bridgehead atoms. The first-order valence-corrected chi connectivity index (χ1v) is 13.8. The number of carbonyl (C=O) groups is 1. The van der Waals surface area contributed by atoms with E-state index in [0.717, 1.165) is 24.2 Å². The molecular weight excluding hydrogens is 396 g/mol. The maximum Gasteiger partial charge on any atom is 0.303 e. The van der Waals surface area contributed by atoms with Gasteiger partial charge in [0.15, 0.2) is 0 Å². The third kappa shape index (κ3) is 2.86. The molecule has 162 valence electrons. The Morgan fingerprint density at radius 3 is 2.41 bits per heavy atom. The zero-order chi connectivity index (χ0) is 20.7. The minimum atomic E-state index is -0.279. The summed E-state index contributed by atoms with van der Waals surface area (Å²) in [7, 11) is 0. The van der Waals surface area contributed by atoms with Crippen molar-refractivity contribution in [2.45, 2.75) is 89.2 Å². The standard InChI is InChI=1S/C25H38O2S2/c1-16-14-18-15-25(28-12-13-29-25)11-10-22(18,3)19-6-8-23(4)20(21(16)19)7-9-24(23,5)27-17(2)26/h15-16,19-21H,6-14H2,1-5H3/t16-,19+,20+,21-,22+,23+,24+/m1/s1. The molecule has 0 aromatic carbocycles. The summed E-state index contributed by atoms with van der Waals surface area (Å²) in [5.41, 5.74) is 2.05. The van der Waals surface area contributed by atoms with Gasteiger partial charge in [-0.25, -0.2) is 0 Å². The molecule has 1 heterocycles. The lowest BCUT2D eigenvalue weighted by molar-refractivity contribution is -0.180. The van der Waals surface area contributed by atoms with E-state index in [1.54, 1.807) is 12.5 Å². The average Bonchev–Trinajstić information content (AvgIpc) is 3.20. The van der Waals surface area contributed by atoms with Crippen LogP contribution in [0.1, 0.15) is 79.6 Å². The first kappa shape index (κ1) is 20.8. The van der Waals surface area contributed by atoms with Crippen molar-refractivity contribution in [2.75, 3.05) is 11.5 Å². The first-order chi connectivity index (χ1) is 13.6. The van der Waals surface area contributed by atoms with Crippen LogP contribution in [-0.4, -0.2) is 27.2 Å². The Kier molecular flexibility index (Phi) is 4.81. The van der Waals surface area contributed by atoms with Crippen molar-refractivity contribution in [3.05, 3.63) is 11.6 Å². The van der Waals surface area contributed by atoms with E-state index in [0.29, 0.717) is 15.4 Å². The molecule has 0 unspecified atom stereocenters. The highest BCUT2D eigenvalue weighted by atomic mass is 32.2. The van der Waals surface area contributed by atoms with Crippen molar-refractivity contribution in [3.63, 3.8) is 0 Å². The molecule has 4 fully saturated rings. The van der Waals surface area contributed by atoms with Gasteiger partial charge in [0.2, 0.25) is 0 Å². The Hall–Kier alpha value is -0.0900. The second-order valence-corrected chi connectivity index (χ2v) is 14.5. The Morgan fingerprint density at radius 2 is 1.72 bits per heavy atom. The summed E-state index contributed by atoms with van der Waals surface area (Å²) >= 11 is 4.42. The molecule has 3 saturated carbocycles. The minimum absolute atomic E-state index is 0.102. The van der Waals surface area contributed by atoms with Gasteiger partial charge in [0.1, 0.15) is 5.60 Å². The molecule has 1 aliphatic heterocycles. The van der Waals surface area contributed by atoms with Crippen LogP contribution in [0, 0.1) is 34.5 Å². The lowest BCUT2D eigenvalue weighted by Gasteiger charge is -2.62. The average molecular weight is 435 g/mol. The summed E-state index contributed by atoms with van der Waals surface area (Å²) in [4.78, 5) is 11.9. The highest BCUT2D eigenvalue weighted by molar-refractivity contribution is 8.21. The normalized spacial score (nSPS) is 50.4. The van der Waals surface area contributed by atoms with Crippen LogP contribution in [0.25, 0.3) is 0 Å². The van der Waals surface area contributed by atoms with Gasteiger partial charge in [0, 0.05) is 23.8 Å². The molecule has 5 aliphatic rings. The fourth-order valence-corrected chi connectivity index (χ4v) is 11.6. The fourth-order valence-electron chi connectivity index (χ4n) is 8.44. The Labute approximate surface area is 185 Å². The van der Waals surface area contributed by atoms with Gasteiger partial charge in [-0.2, -0.15) is 0 Å². The topological polar surface area (TPSA) is 26.3 Å². The number of thioether (sulfide) groups is 2. The van der Waals surface area contributed by atoms with E-state index in [-0.39, 0.29) is 17.0 Å². The molecule has 7 atom stereocenters. The van der Waals surface area contributed by atoms with Gasteiger partial charge in [-0.1, -0.05) is 32.4 Å². The maximum atomic E-state index is 11.9. The molecule has 2 nitrogen and oxygen atoms in total. The van der Waals surface area contributed by atoms with Crippen LogP contribution >= 0.6 is 23.5 Å². The van der Waals surface area contributed by atoms with Gasteiger partial charge < -0.3 is 4.74 Å². The van der Waals surface area contributed by atoms with Crippen LogP contribution in [0.3, 0.4) is 0 Å². The molecule has 29 heavy (non-hydrogen) atoms. The molecule has 0 aromatic heterocycles. The summed E-state index contributed by atoms with van der Waals surface area (Å²) in [5.74, 6) is 5.58. The maximum absolute atomic E-state index is 11.9. The number of rotatable bonds is 1. The van der Waals surface area contributed by atoms with Gasteiger partial charge in [0.05, 0.1) is 4.08 Å². The van der Waals surface area contributed by atoms with E-state index in [9.17, 15) is 4.79 Å². The quantitative estimate of drug-likeness (QED) is 0.339. The molecule has 0 aromatic rings. The Balaban J connectivity index is 1.48. The summed E-state index contributed by atoms with van der Waals surface area (Å²) in [5, 5.41) is 0. The van der Waals surface area contributed by atoms with E-state index >= 15 is 0 Å². The number of allylic oxidation sites excluding steroid dienone is 1. The number of hydrogen-bond donors (Lipinski definition) is 0. The molecule has 0 radical (unpaired) electrons. The summed E-state index contributed by atoms with van der Waals surface area (Å²) < 4.78 is 6.42. The van der Waals surface area contributed by atoms with Crippen molar-refractivity contribution in [1.29, 1.82) is 0 Å².